The maximum Gasteiger partial charge on any atom is 0.270 e. The largest absolute Gasteiger partial charge is 0.417 e. The van der Waals surface area contributed by atoms with Gasteiger partial charge in [-0.15, -0.1) is 0 Å². The second-order valence-corrected chi connectivity index (χ2v) is 6.05. The second-order valence-electron chi connectivity index (χ2n) is 3.54. The van der Waals surface area contributed by atoms with E-state index in [2.05, 4.69) is 13.1 Å². The fourth-order valence-corrected chi connectivity index (χ4v) is 2.00. The molecule has 0 unspecified atom stereocenters. The molecule has 0 saturated heterocycles. The molecule has 1 rings (SSSR count). The third-order valence-corrected chi connectivity index (χ3v) is 3.14. The van der Waals surface area contributed by atoms with Crippen molar-refractivity contribution in [2.75, 3.05) is 6.61 Å². The Kier molecular flexibility index (Phi) is 4.92. The minimum absolute atomic E-state index is 0.0189. The summed E-state index contributed by atoms with van der Waals surface area (Å²) in [6.07, 6.45) is 0.687. The fraction of sp³-hybridized carbons (Fsp3) is 0.400. The summed E-state index contributed by atoms with van der Waals surface area (Å²) in [6, 6.07) is 4.52. The van der Waals surface area contributed by atoms with Gasteiger partial charge in [0.05, 0.1) is 9.95 Å². The molecule has 0 aliphatic carbocycles. The van der Waals surface area contributed by atoms with Crippen LogP contribution >= 0.6 is 11.6 Å². The summed E-state index contributed by atoms with van der Waals surface area (Å²) in [5.41, 5.74) is 0.904. The Morgan fingerprint density at radius 1 is 1.50 bits per heavy atom. The van der Waals surface area contributed by atoms with Crippen LogP contribution in [-0.2, 0) is 10.8 Å². The van der Waals surface area contributed by atoms with Gasteiger partial charge in [0.1, 0.15) is 0 Å². The smallest absolute Gasteiger partial charge is 0.270 e. The van der Waals surface area contributed by atoms with Gasteiger partial charge in [0.2, 0.25) is 9.04 Å². The molecule has 1 aromatic carbocycles. The number of rotatable bonds is 5. The van der Waals surface area contributed by atoms with E-state index in [0.29, 0.717) is 18.1 Å². The molecule has 0 heterocycles. The van der Waals surface area contributed by atoms with Gasteiger partial charge < -0.3 is 4.43 Å². The molecule has 0 spiro atoms. The summed E-state index contributed by atoms with van der Waals surface area (Å²) in [4.78, 5) is 10.0. The number of halogens is 1. The molecule has 16 heavy (non-hydrogen) atoms. The van der Waals surface area contributed by atoms with Crippen LogP contribution in [0.5, 0.6) is 0 Å². The van der Waals surface area contributed by atoms with Gasteiger partial charge in [0.15, 0.2) is 0 Å². The molecule has 0 fully saturated rings. The van der Waals surface area contributed by atoms with Crippen LogP contribution in [0.1, 0.15) is 5.56 Å². The van der Waals surface area contributed by atoms with E-state index in [1.54, 1.807) is 6.07 Å². The van der Waals surface area contributed by atoms with Crippen LogP contribution in [-0.4, -0.2) is 20.6 Å². The van der Waals surface area contributed by atoms with Crippen molar-refractivity contribution in [3.63, 3.8) is 0 Å². The topological polar surface area (TPSA) is 52.4 Å². The predicted octanol–water partition coefficient (Wildman–Crippen LogP) is 3.06. The normalized spacial score (nSPS) is 10.8. The van der Waals surface area contributed by atoms with E-state index in [9.17, 15) is 10.1 Å². The first-order valence-corrected chi connectivity index (χ1v) is 7.65. The number of nitro groups is 1. The van der Waals surface area contributed by atoms with Crippen molar-refractivity contribution >= 4 is 26.3 Å². The van der Waals surface area contributed by atoms with Crippen molar-refractivity contribution in [3.05, 3.63) is 38.9 Å². The van der Waals surface area contributed by atoms with Crippen LogP contribution in [0.3, 0.4) is 0 Å². The zero-order chi connectivity index (χ0) is 12.1. The highest BCUT2D eigenvalue weighted by Crippen LogP contribution is 2.22. The molecule has 0 aliphatic heterocycles. The Bertz CT molecular complexity index is 384. The number of nitro benzene ring substituents is 1. The van der Waals surface area contributed by atoms with Crippen LogP contribution in [0.25, 0.3) is 0 Å². The van der Waals surface area contributed by atoms with Gasteiger partial charge in [-0.2, -0.15) is 0 Å². The molecule has 0 bridgehead atoms. The number of hydrogen-bond acceptors (Lipinski definition) is 3. The van der Waals surface area contributed by atoms with Crippen molar-refractivity contribution in [1.82, 2.24) is 0 Å². The number of non-ortho nitro benzene ring substituents is 1. The molecule has 1 radical (unpaired) electrons. The molecule has 0 aliphatic rings. The molecular weight excluding hydrogens is 246 g/mol. The number of hydrogen-bond donors (Lipinski definition) is 0. The van der Waals surface area contributed by atoms with E-state index >= 15 is 0 Å². The minimum atomic E-state index is -0.689. The molecule has 0 aromatic heterocycles. The van der Waals surface area contributed by atoms with Gasteiger partial charge in [0.25, 0.3) is 5.69 Å². The predicted molar refractivity (Wildman–Crippen MR) is 65.2 cm³/mol. The Hall–Kier alpha value is -0.913. The third-order valence-electron chi connectivity index (χ3n) is 2.01. The first kappa shape index (κ1) is 13.2. The lowest BCUT2D eigenvalue weighted by atomic mass is 10.1. The lowest BCUT2D eigenvalue weighted by molar-refractivity contribution is -0.384. The summed E-state index contributed by atoms with van der Waals surface area (Å²) in [5, 5.41) is 10.9. The van der Waals surface area contributed by atoms with Crippen LogP contribution in [0.15, 0.2) is 18.2 Å². The fourth-order valence-electron chi connectivity index (χ4n) is 1.22. The van der Waals surface area contributed by atoms with E-state index in [1.807, 2.05) is 0 Å². The molecule has 87 valence electrons. The maximum atomic E-state index is 10.5. The molecule has 0 amide bonds. The van der Waals surface area contributed by atoms with Crippen molar-refractivity contribution in [3.8, 4) is 0 Å². The maximum absolute atomic E-state index is 10.5. The Morgan fingerprint density at radius 3 is 2.69 bits per heavy atom. The summed E-state index contributed by atoms with van der Waals surface area (Å²) < 4.78 is 5.49. The lowest BCUT2D eigenvalue weighted by Gasteiger charge is -2.07. The molecule has 6 heteroatoms. The standard InChI is InChI=1S/C10H13ClNO3Si/c1-16(2)15-6-5-8-3-4-9(12(13)14)7-10(8)11/h3-4,7H,5-6H2,1-2H3. The third kappa shape index (κ3) is 3.92. The molecule has 1 aromatic rings. The number of benzene rings is 1. The van der Waals surface area contributed by atoms with Crippen LogP contribution < -0.4 is 0 Å². The van der Waals surface area contributed by atoms with Crippen molar-refractivity contribution in [1.29, 1.82) is 0 Å². The summed E-state index contributed by atoms with van der Waals surface area (Å²) in [6.45, 7) is 4.73. The summed E-state index contributed by atoms with van der Waals surface area (Å²) in [7, 11) is -0.689. The minimum Gasteiger partial charge on any atom is -0.417 e. The van der Waals surface area contributed by atoms with Crippen LogP contribution in [0.4, 0.5) is 5.69 Å². The van der Waals surface area contributed by atoms with Gasteiger partial charge in [-0.1, -0.05) is 17.7 Å². The van der Waals surface area contributed by atoms with Crippen LogP contribution in [0, 0.1) is 10.1 Å². The van der Waals surface area contributed by atoms with E-state index in [4.69, 9.17) is 16.0 Å². The molecular formula is C10H13ClNO3Si. The summed E-state index contributed by atoms with van der Waals surface area (Å²) in [5.74, 6) is 0. The Balaban J connectivity index is 2.64. The van der Waals surface area contributed by atoms with Gasteiger partial charge in [-0.25, -0.2) is 0 Å². The highest BCUT2D eigenvalue weighted by atomic mass is 35.5. The molecule has 0 atom stereocenters. The second kappa shape index (κ2) is 5.98. The van der Waals surface area contributed by atoms with Gasteiger partial charge in [-0.05, 0) is 25.1 Å². The zero-order valence-electron chi connectivity index (χ0n) is 9.20. The number of nitrogens with zero attached hydrogens (tertiary/aromatic N) is 1. The average molecular weight is 259 g/mol. The highest BCUT2D eigenvalue weighted by molar-refractivity contribution is 6.48. The first-order valence-electron chi connectivity index (χ1n) is 4.86. The molecule has 0 N–H and O–H groups in total. The van der Waals surface area contributed by atoms with Crippen molar-refractivity contribution in [2.24, 2.45) is 0 Å². The van der Waals surface area contributed by atoms with E-state index < -0.39 is 14.0 Å². The Morgan fingerprint density at radius 2 is 2.19 bits per heavy atom. The SMILES string of the molecule is C[Si](C)OCCc1ccc([N+](=O)[O-])cc1Cl. The Labute approximate surface area is 101 Å². The first-order chi connectivity index (χ1) is 7.50. The van der Waals surface area contributed by atoms with Crippen LogP contribution in [0.2, 0.25) is 18.1 Å². The van der Waals surface area contributed by atoms with Gasteiger partial charge in [-0.3, -0.25) is 10.1 Å². The van der Waals surface area contributed by atoms with Crippen molar-refractivity contribution in [2.45, 2.75) is 19.5 Å². The monoisotopic (exact) mass is 258 g/mol. The van der Waals surface area contributed by atoms with Gasteiger partial charge in [0, 0.05) is 18.7 Å². The molecule has 0 saturated carbocycles. The van der Waals surface area contributed by atoms with E-state index in [-0.39, 0.29) is 5.69 Å². The molecule has 4 nitrogen and oxygen atoms in total. The lowest BCUT2D eigenvalue weighted by Crippen LogP contribution is -2.10. The average Bonchev–Trinajstić information content (AvgIpc) is 2.19. The highest BCUT2D eigenvalue weighted by Gasteiger charge is 2.09. The quantitative estimate of drug-likeness (QED) is 0.463. The zero-order valence-corrected chi connectivity index (χ0v) is 11.0. The van der Waals surface area contributed by atoms with E-state index in [0.717, 1.165) is 5.56 Å². The summed E-state index contributed by atoms with van der Waals surface area (Å²) >= 11 is 5.94. The van der Waals surface area contributed by atoms with Gasteiger partial charge >= 0.3 is 0 Å². The van der Waals surface area contributed by atoms with E-state index in [1.165, 1.54) is 12.1 Å². The van der Waals surface area contributed by atoms with Crippen molar-refractivity contribution < 1.29 is 9.35 Å².